The Labute approximate surface area is 157 Å². The number of nitrogens with zero attached hydrogens (tertiary/aromatic N) is 2. The van der Waals surface area contributed by atoms with Crippen LogP contribution in [0.4, 0.5) is 5.69 Å². The molecule has 1 aromatic carbocycles. The number of amides is 1. The van der Waals surface area contributed by atoms with Crippen LogP contribution in [0.25, 0.3) is 5.65 Å². The molecule has 0 aliphatic carbocycles. The fourth-order valence-electron chi connectivity index (χ4n) is 2.64. The summed E-state index contributed by atoms with van der Waals surface area (Å²) in [4.78, 5) is 15.6. The lowest BCUT2D eigenvalue weighted by molar-refractivity contribution is -0.114. The van der Waals surface area contributed by atoms with Crippen LogP contribution in [0.5, 0.6) is 5.75 Å². The Morgan fingerprint density at radius 1 is 1.22 bits per heavy atom. The quantitative estimate of drug-likeness (QED) is 0.643. The number of carbonyl (C=O) groups is 1. The number of anilines is 1. The van der Waals surface area contributed by atoms with Crippen LogP contribution in [-0.4, -0.2) is 37.4 Å². The molecule has 1 amide bonds. The molecular formula is C18H20N4O4S. The second kappa shape index (κ2) is 7.77. The monoisotopic (exact) mass is 388 g/mol. The smallest absolute Gasteiger partial charge is 0.240 e. The zero-order chi connectivity index (χ0) is 19.4. The Morgan fingerprint density at radius 3 is 2.63 bits per heavy atom. The average Bonchev–Trinajstić information content (AvgIpc) is 3.04. The van der Waals surface area contributed by atoms with Gasteiger partial charge < -0.3 is 14.5 Å². The Kier molecular flexibility index (Phi) is 5.43. The third kappa shape index (κ3) is 4.44. The molecular weight excluding hydrogens is 368 g/mol. The first kappa shape index (κ1) is 18.9. The minimum Gasteiger partial charge on any atom is -0.493 e. The third-order valence-electron chi connectivity index (χ3n) is 3.87. The number of nitrogens with one attached hydrogen (secondary N) is 2. The number of benzene rings is 1. The van der Waals surface area contributed by atoms with Gasteiger partial charge in [0.2, 0.25) is 15.9 Å². The van der Waals surface area contributed by atoms with Gasteiger partial charge in [0.1, 0.15) is 0 Å². The number of sulfonamides is 1. The van der Waals surface area contributed by atoms with E-state index in [1.165, 1.54) is 19.1 Å². The van der Waals surface area contributed by atoms with Crippen molar-refractivity contribution in [2.45, 2.75) is 18.2 Å². The van der Waals surface area contributed by atoms with Gasteiger partial charge in [-0.1, -0.05) is 0 Å². The Bertz CT molecular complexity index is 1060. The molecule has 2 heterocycles. The highest BCUT2D eigenvalue weighted by Gasteiger charge is 2.14. The highest BCUT2D eigenvalue weighted by molar-refractivity contribution is 7.89. The van der Waals surface area contributed by atoms with Crippen LogP contribution in [0.15, 0.2) is 53.7 Å². The van der Waals surface area contributed by atoms with Crippen LogP contribution < -0.4 is 14.8 Å². The summed E-state index contributed by atoms with van der Waals surface area (Å²) in [6.45, 7) is 1.60. The Balaban J connectivity index is 1.64. The number of carbonyl (C=O) groups excluding carboxylic acids is 1. The van der Waals surface area contributed by atoms with Crippen molar-refractivity contribution in [3.8, 4) is 5.75 Å². The van der Waals surface area contributed by atoms with E-state index in [0.29, 0.717) is 23.5 Å². The van der Waals surface area contributed by atoms with Crippen LogP contribution in [0.1, 0.15) is 12.6 Å². The van der Waals surface area contributed by atoms with Crippen molar-refractivity contribution in [1.82, 2.24) is 14.1 Å². The van der Waals surface area contributed by atoms with Crippen LogP contribution in [-0.2, 0) is 21.2 Å². The first-order valence-electron chi connectivity index (χ1n) is 8.27. The molecule has 3 aromatic rings. The van der Waals surface area contributed by atoms with Crippen molar-refractivity contribution in [2.75, 3.05) is 19.0 Å². The average molecular weight is 388 g/mol. The minimum absolute atomic E-state index is 0.133. The van der Waals surface area contributed by atoms with E-state index in [-0.39, 0.29) is 17.3 Å². The number of fused-ring (bicyclic) bond motifs is 1. The fraction of sp³-hybridized carbons (Fsp3) is 0.222. The first-order chi connectivity index (χ1) is 12.9. The molecule has 0 saturated heterocycles. The number of hydrogen-bond acceptors (Lipinski definition) is 5. The lowest BCUT2D eigenvalue weighted by Crippen LogP contribution is -2.26. The maximum absolute atomic E-state index is 12.4. The SMILES string of the molecule is COc1cccn2cc(CCNS(=O)(=O)c3ccc(NC(C)=O)cc3)nc12. The molecule has 0 aliphatic rings. The summed E-state index contributed by atoms with van der Waals surface area (Å²) in [6.07, 6.45) is 4.14. The molecule has 0 radical (unpaired) electrons. The molecule has 3 rings (SSSR count). The zero-order valence-corrected chi connectivity index (χ0v) is 15.8. The molecule has 0 spiro atoms. The number of aromatic nitrogens is 2. The maximum Gasteiger partial charge on any atom is 0.240 e. The first-order valence-corrected chi connectivity index (χ1v) is 9.75. The largest absolute Gasteiger partial charge is 0.493 e. The van der Waals surface area contributed by atoms with Crippen LogP contribution in [0.3, 0.4) is 0 Å². The topological polar surface area (TPSA) is 102 Å². The highest BCUT2D eigenvalue weighted by Crippen LogP contribution is 2.18. The van der Waals surface area contributed by atoms with Gasteiger partial charge in [0.25, 0.3) is 0 Å². The van der Waals surface area contributed by atoms with Gasteiger partial charge in [-0.25, -0.2) is 18.1 Å². The maximum atomic E-state index is 12.4. The van der Waals surface area contributed by atoms with Crippen molar-refractivity contribution < 1.29 is 17.9 Å². The lowest BCUT2D eigenvalue weighted by atomic mass is 10.3. The van der Waals surface area contributed by atoms with E-state index in [1.54, 1.807) is 19.2 Å². The summed E-state index contributed by atoms with van der Waals surface area (Å²) >= 11 is 0. The molecule has 0 fully saturated rings. The molecule has 0 unspecified atom stereocenters. The van der Waals surface area contributed by atoms with Crippen molar-refractivity contribution in [2.24, 2.45) is 0 Å². The number of hydrogen-bond donors (Lipinski definition) is 2. The molecule has 0 atom stereocenters. The summed E-state index contributed by atoms with van der Waals surface area (Å²) in [7, 11) is -2.06. The van der Waals surface area contributed by atoms with E-state index < -0.39 is 10.0 Å². The van der Waals surface area contributed by atoms with Gasteiger partial charge in [0.05, 0.1) is 17.7 Å². The summed E-state index contributed by atoms with van der Waals surface area (Å²) in [5, 5.41) is 2.60. The van der Waals surface area contributed by atoms with E-state index in [0.717, 1.165) is 5.69 Å². The molecule has 27 heavy (non-hydrogen) atoms. The lowest BCUT2D eigenvalue weighted by Gasteiger charge is -2.07. The van der Waals surface area contributed by atoms with Crippen molar-refractivity contribution in [3.63, 3.8) is 0 Å². The number of rotatable bonds is 7. The summed E-state index contributed by atoms with van der Waals surface area (Å²) in [6, 6.07) is 9.66. The van der Waals surface area contributed by atoms with E-state index in [1.807, 2.05) is 28.9 Å². The van der Waals surface area contributed by atoms with Gasteiger partial charge in [0.15, 0.2) is 11.4 Å². The van der Waals surface area contributed by atoms with Gasteiger partial charge in [-0.05, 0) is 36.4 Å². The fourth-order valence-corrected chi connectivity index (χ4v) is 3.67. The van der Waals surface area contributed by atoms with Gasteiger partial charge in [0, 0.05) is 38.0 Å². The Hall–Kier alpha value is -2.91. The second-order valence-corrected chi connectivity index (χ2v) is 7.66. The van der Waals surface area contributed by atoms with Crippen molar-refractivity contribution in [1.29, 1.82) is 0 Å². The molecule has 9 heteroatoms. The summed E-state index contributed by atoms with van der Waals surface area (Å²) in [5.74, 6) is 0.441. The van der Waals surface area contributed by atoms with E-state index in [9.17, 15) is 13.2 Å². The predicted octanol–water partition coefficient (Wildman–Crippen LogP) is 1.82. The molecule has 8 nitrogen and oxygen atoms in total. The molecule has 2 aromatic heterocycles. The minimum atomic E-state index is -3.64. The van der Waals surface area contributed by atoms with Crippen LogP contribution in [0, 0.1) is 0 Å². The van der Waals surface area contributed by atoms with Gasteiger partial charge in [-0.15, -0.1) is 0 Å². The predicted molar refractivity (Wildman–Crippen MR) is 101 cm³/mol. The van der Waals surface area contributed by atoms with Crippen LogP contribution >= 0.6 is 0 Å². The number of imidazole rings is 1. The molecule has 0 aliphatic heterocycles. The normalized spacial score (nSPS) is 11.5. The highest BCUT2D eigenvalue weighted by atomic mass is 32.2. The molecule has 0 saturated carbocycles. The Morgan fingerprint density at radius 2 is 1.96 bits per heavy atom. The standard InChI is InChI=1S/C18H20N4O4S/c1-13(23)20-14-5-7-16(8-6-14)27(24,25)19-10-9-15-12-22-11-3-4-17(26-2)18(22)21-15/h3-8,11-12,19H,9-10H2,1-2H3,(H,20,23). The van der Waals surface area contributed by atoms with E-state index >= 15 is 0 Å². The number of ether oxygens (including phenoxy) is 1. The number of methoxy groups -OCH3 is 1. The van der Waals surface area contributed by atoms with E-state index in [4.69, 9.17) is 4.74 Å². The van der Waals surface area contributed by atoms with Crippen LogP contribution in [0.2, 0.25) is 0 Å². The molecule has 2 N–H and O–H groups in total. The summed E-state index contributed by atoms with van der Waals surface area (Å²) < 4.78 is 34.4. The van der Waals surface area contributed by atoms with Gasteiger partial charge in [-0.2, -0.15) is 0 Å². The molecule has 142 valence electrons. The zero-order valence-electron chi connectivity index (χ0n) is 15.0. The number of pyridine rings is 1. The van der Waals surface area contributed by atoms with Gasteiger partial charge in [-0.3, -0.25) is 4.79 Å². The molecule has 0 bridgehead atoms. The van der Waals surface area contributed by atoms with E-state index in [2.05, 4.69) is 15.0 Å². The second-order valence-electron chi connectivity index (χ2n) is 5.89. The van der Waals surface area contributed by atoms with Gasteiger partial charge >= 0.3 is 0 Å². The third-order valence-corrected chi connectivity index (χ3v) is 5.35. The summed E-state index contributed by atoms with van der Waals surface area (Å²) in [5.41, 5.74) is 1.98. The van der Waals surface area contributed by atoms with Crippen molar-refractivity contribution >= 4 is 27.3 Å². The van der Waals surface area contributed by atoms with Crippen molar-refractivity contribution in [3.05, 3.63) is 54.5 Å².